The van der Waals surface area contributed by atoms with Crippen LogP contribution in [-0.2, 0) is 6.42 Å². The first-order chi connectivity index (χ1) is 8.15. The van der Waals surface area contributed by atoms with E-state index in [1.54, 1.807) is 6.20 Å². The van der Waals surface area contributed by atoms with Crippen LogP contribution in [0.25, 0.3) is 0 Å². The first-order valence-corrected chi connectivity index (χ1v) is 5.88. The van der Waals surface area contributed by atoms with Crippen molar-refractivity contribution in [3.8, 4) is 0 Å². The summed E-state index contributed by atoms with van der Waals surface area (Å²) in [4.78, 5) is 4.18. The molecule has 2 nitrogen and oxygen atoms in total. The Kier molecular flexibility index (Phi) is 3.77. The number of aliphatic hydroxyl groups excluding tert-OH is 1. The highest BCUT2D eigenvalue weighted by Gasteiger charge is 2.09. The fourth-order valence-electron chi connectivity index (χ4n) is 1.69. The smallest absolute Gasteiger partial charge is 0.1000 e. The topological polar surface area (TPSA) is 33.1 Å². The Morgan fingerprint density at radius 1 is 1.24 bits per heavy atom. The normalized spacial score (nSPS) is 12.4. The summed E-state index contributed by atoms with van der Waals surface area (Å²) in [7, 11) is 0. The molecule has 0 bridgehead atoms. The molecule has 1 heterocycles. The van der Waals surface area contributed by atoms with E-state index in [9.17, 15) is 5.11 Å². The van der Waals surface area contributed by atoms with Crippen LogP contribution in [0.4, 0.5) is 0 Å². The number of aliphatic hydroxyl groups is 1. The van der Waals surface area contributed by atoms with Gasteiger partial charge in [0.2, 0.25) is 0 Å². The van der Waals surface area contributed by atoms with Crippen molar-refractivity contribution in [2.75, 3.05) is 0 Å². The van der Waals surface area contributed by atoms with E-state index in [2.05, 4.69) is 4.98 Å². The van der Waals surface area contributed by atoms with Gasteiger partial charge >= 0.3 is 0 Å². The van der Waals surface area contributed by atoms with Gasteiger partial charge in [-0.2, -0.15) is 0 Å². The zero-order valence-corrected chi connectivity index (χ0v) is 10.4. The summed E-state index contributed by atoms with van der Waals surface area (Å²) in [6, 6.07) is 11.3. The zero-order valence-electron chi connectivity index (χ0n) is 9.60. The standard InChI is InChI=1S/C14H14ClNO/c1-10-6-7-16-13(8-10)14(17)9-11-2-4-12(15)5-3-11/h2-8,14,17H,9H2,1H3. The van der Waals surface area contributed by atoms with Gasteiger partial charge in [0.15, 0.2) is 0 Å². The zero-order chi connectivity index (χ0) is 12.3. The van der Waals surface area contributed by atoms with Crippen LogP contribution in [0.2, 0.25) is 5.02 Å². The molecule has 3 heteroatoms. The van der Waals surface area contributed by atoms with Crippen LogP contribution in [0.5, 0.6) is 0 Å². The SMILES string of the molecule is Cc1ccnc(C(O)Cc2ccc(Cl)cc2)c1. The Hall–Kier alpha value is -1.38. The van der Waals surface area contributed by atoms with Gasteiger partial charge in [-0.25, -0.2) is 0 Å². The molecule has 0 saturated carbocycles. The third kappa shape index (κ3) is 3.29. The van der Waals surface area contributed by atoms with Crippen molar-refractivity contribution in [3.05, 3.63) is 64.4 Å². The molecule has 2 aromatic rings. The Labute approximate surface area is 106 Å². The largest absolute Gasteiger partial charge is 0.386 e. The van der Waals surface area contributed by atoms with Gasteiger partial charge in [0.25, 0.3) is 0 Å². The number of hydrogen-bond acceptors (Lipinski definition) is 2. The number of nitrogens with zero attached hydrogens (tertiary/aromatic N) is 1. The molecular weight excluding hydrogens is 234 g/mol. The van der Waals surface area contributed by atoms with Crippen molar-refractivity contribution in [2.45, 2.75) is 19.4 Å². The Balaban J connectivity index is 2.11. The van der Waals surface area contributed by atoms with E-state index in [4.69, 9.17) is 11.6 Å². The molecule has 1 N–H and O–H groups in total. The van der Waals surface area contributed by atoms with E-state index in [1.165, 1.54) is 0 Å². The van der Waals surface area contributed by atoms with Gasteiger partial charge in [0.1, 0.15) is 0 Å². The van der Waals surface area contributed by atoms with Gasteiger partial charge in [-0.05, 0) is 42.3 Å². The first-order valence-electron chi connectivity index (χ1n) is 5.50. The Bertz CT molecular complexity index is 496. The second kappa shape index (κ2) is 5.30. The number of halogens is 1. The maximum absolute atomic E-state index is 10.1. The average Bonchev–Trinajstić information content (AvgIpc) is 2.32. The lowest BCUT2D eigenvalue weighted by molar-refractivity contribution is 0.173. The van der Waals surface area contributed by atoms with Gasteiger partial charge in [0, 0.05) is 17.6 Å². The second-order valence-corrected chi connectivity index (χ2v) is 4.54. The molecule has 1 aromatic carbocycles. The Morgan fingerprint density at radius 3 is 2.59 bits per heavy atom. The average molecular weight is 248 g/mol. The summed E-state index contributed by atoms with van der Waals surface area (Å²) >= 11 is 5.81. The van der Waals surface area contributed by atoms with Gasteiger partial charge in [-0.1, -0.05) is 23.7 Å². The summed E-state index contributed by atoms with van der Waals surface area (Å²) in [5.74, 6) is 0. The molecule has 0 saturated heterocycles. The number of rotatable bonds is 3. The van der Waals surface area contributed by atoms with Gasteiger partial charge < -0.3 is 5.11 Å². The molecule has 0 aliphatic carbocycles. The van der Waals surface area contributed by atoms with Crippen molar-refractivity contribution in [1.82, 2.24) is 4.98 Å². The van der Waals surface area contributed by atoms with Crippen LogP contribution >= 0.6 is 11.6 Å². The summed E-state index contributed by atoms with van der Waals surface area (Å²) in [5, 5.41) is 10.8. The summed E-state index contributed by atoms with van der Waals surface area (Å²) in [5.41, 5.74) is 2.86. The number of pyridine rings is 1. The van der Waals surface area contributed by atoms with Crippen LogP contribution in [0, 0.1) is 6.92 Å². The summed E-state index contributed by atoms with van der Waals surface area (Å²) < 4.78 is 0. The molecule has 1 unspecified atom stereocenters. The molecule has 0 aliphatic rings. The molecule has 0 amide bonds. The predicted octanol–water partition coefficient (Wildman–Crippen LogP) is 3.32. The maximum Gasteiger partial charge on any atom is 0.1000 e. The van der Waals surface area contributed by atoms with E-state index in [-0.39, 0.29) is 0 Å². The molecule has 1 aromatic heterocycles. The molecule has 17 heavy (non-hydrogen) atoms. The van der Waals surface area contributed by atoms with E-state index in [0.29, 0.717) is 17.1 Å². The van der Waals surface area contributed by atoms with Crippen molar-refractivity contribution < 1.29 is 5.11 Å². The highest BCUT2D eigenvalue weighted by atomic mass is 35.5. The van der Waals surface area contributed by atoms with E-state index in [1.807, 2.05) is 43.3 Å². The van der Waals surface area contributed by atoms with Crippen LogP contribution in [0.15, 0.2) is 42.6 Å². The monoisotopic (exact) mass is 247 g/mol. The van der Waals surface area contributed by atoms with Crippen molar-refractivity contribution >= 4 is 11.6 Å². The summed E-state index contributed by atoms with van der Waals surface area (Å²) in [6.45, 7) is 1.99. The summed E-state index contributed by atoms with van der Waals surface area (Å²) in [6.07, 6.45) is 1.69. The van der Waals surface area contributed by atoms with Gasteiger partial charge in [-0.3, -0.25) is 4.98 Å². The highest BCUT2D eigenvalue weighted by Crippen LogP contribution is 2.18. The van der Waals surface area contributed by atoms with E-state index in [0.717, 1.165) is 11.1 Å². The third-order valence-corrected chi connectivity index (χ3v) is 2.87. The van der Waals surface area contributed by atoms with Crippen molar-refractivity contribution in [2.24, 2.45) is 0 Å². The van der Waals surface area contributed by atoms with Crippen LogP contribution < -0.4 is 0 Å². The van der Waals surface area contributed by atoms with Gasteiger partial charge in [-0.15, -0.1) is 0 Å². The van der Waals surface area contributed by atoms with Crippen LogP contribution in [-0.4, -0.2) is 10.1 Å². The minimum absolute atomic E-state index is 0.549. The van der Waals surface area contributed by atoms with Crippen LogP contribution in [0.1, 0.15) is 22.9 Å². The third-order valence-electron chi connectivity index (χ3n) is 2.62. The number of benzene rings is 1. The predicted molar refractivity (Wildman–Crippen MR) is 69.1 cm³/mol. The lowest BCUT2D eigenvalue weighted by Gasteiger charge is -2.10. The molecular formula is C14H14ClNO. The molecule has 0 radical (unpaired) electrons. The lowest BCUT2D eigenvalue weighted by atomic mass is 10.0. The molecule has 88 valence electrons. The highest BCUT2D eigenvalue weighted by molar-refractivity contribution is 6.30. The first kappa shape index (κ1) is 12.1. The second-order valence-electron chi connectivity index (χ2n) is 4.10. The molecule has 2 rings (SSSR count). The molecule has 0 fully saturated rings. The van der Waals surface area contributed by atoms with Gasteiger partial charge in [0.05, 0.1) is 11.8 Å². The minimum atomic E-state index is -0.573. The lowest BCUT2D eigenvalue weighted by Crippen LogP contribution is -2.04. The Morgan fingerprint density at radius 2 is 1.94 bits per heavy atom. The van der Waals surface area contributed by atoms with E-state index < -0.39 is 6.10 Å². The van der Waals surface area contributed by atoms with Crippen molar-refractivity contribution in [3.63, 3.8) is 0 Å². The number of aromatic nitrogens is 1. The fourth-order valence-corrected chi connectivity index (χ4v) is 1.82. The van der Waals surface area contributed by atoms with Crippen LogP contribution in [0.3, 0.4) is 0 Å². The quantitative estimate of drug-likeness (QED) is 0.903. The fraction of sp³-hybridized carbons (Fsp3) is 0.214. The molecule has 1 atom stereocenters. The molecule has 0 spiro atoms. The number of hydrogen-bond donors (Lipinski definition) is 1. The minimum Gasteiger partial charge on any atom is -0.386 e. The molecule has 0 aliphatic heterocycles. The van der Waals surface area contributed by atoms with E-state index >= 15 is 0 Å². The number of aryl methyl sites for hydroxylation is 1. The maximum atomic E-state index is 10.1. The van der Waals surface area contributed by atoms with Crippen molar-refractivity contribution in [1.29, 1.82) is 0 Å².